The second kappa shape index (κ2) is 16.4. The van der Waals surface area contributed by atoms with Crippen LogP contribution in [0.3, 0.4) is 0 Å². The number of halogens is 1. The van der Waals surface area contributed by atoms with Gasteiger partial charge in [0, 0.05) is 32.1 Å². The van der Waals surface area contributed by atoms with Crippen LogP contribution in [0.1, 0.15) is 52.5 Å². The number of methoxy groups -OCH3 is 2. The number of pyridine rings is 1. The molecule has 2 rings (SSSR count). The molecule has 0 radical (unpaired) electrons. The van der Waals surface area contributed by atoms with Crippen LogP contribution in [-0.4, -0.2) is 55.6 Å². The lowest BCUT2D eigenvalue weighted by Gasteiger charge is -2.30. The first-order chi connectivity index (χ1) is 18.5. The van der Waals surface area contributed by atoms with Crippen molar-refractivity contribution >= 4 is 11.6 Å². The van der Waals surface area contributed by atoms with E-state index in [-0.39, 0.29) is 24.2 Å². The highest BCUT2D eigenvalue weighted by Crippen LogP contribution is 2.32. The molecule has 4 N–H and O–H groups in total. The van der Waals surface area contributed by atoms with Crippen molar-refractivity contribution < 1.29 is 28.5 Å². The molecule has 0 unspecified atom stereocenters. The molecule has 0 fully saturated rings. The minimum absolute atomic E-state index is 0.0252. The highest BCUT2D eigenvalue weighted by atomic mass is 19.1. The normalized spacial score (nSPS) is 14.6. The zero-order valence-electron chi connectivity index (χ0n) is 24.2. The summed E-state index contributed by atoms with van der Waals surface area (Å²) in [5.74, 6) is 0.554. The first kappa shape index (κ1) is 32.5. The van der Waals surface area contributed by atoms with Gasteiger partial charge in [-0.3, -0.25) is 4.79 Å². The molecule has 0 bridgehead atoms. The third-order valence-electron chi connectivity index (χ3n) is 7.12. The Balaban J connectivity index is 2.04. The molecule has 0 saturated heterocycles. The molecular weight excluding hydrogens is 501 g/mol. The zero-order chi connectivity index (χ0) is 28.9. The molecule has 0 saturated carbocycles. The van der Waals surface area contributed by atoms with Crippen LogP contribution in [0.25, 0.3) is 0 Å². The van der Waals surface area contributed by atoms with Crippen molar-refractivity contribution in [3.05, 3.63) is 48.0 Å². The van der Waals surface area contributed by atoms with Gasteiger partial charge in [0.2, 0.25) is 11.9 Å². The van der Waals surface area contributed by atoms with Crippen molar-refractivity contribution in [1.82, 2.24) is 4.98 Å². The van der Waals surface area contributed by atoms with Crippen molar-refractivity contribution in [3.8, 4) is 11.5 Å². The summed E-state index contributed by atoms with van der Waals surface area (Å²) in [5.41, 5.74) is 8.02. The summed E-state index contributed by atoms with van der Waals surface area (Å²) < 4.78 is 29.6. The number of rotatable bonds is 17. The van der Waals surface area contributed by atoms with Crippen molar-refractivity contribution in [2.24, 2.45) is 29.4 Å². The van der Waals surface area contributed by atoms with Crippen LogP contribution >= 0.6 is 0 Å². The van der Waals surface area contributed by atoms with Gasteiger partial charge in [-0.05, 0) is 66.8 Å². The molecule has 1 aromatic carbocycles. The minimum atomic E-state index is -0.855. The van der Waals surface area contributed by atoms with Gasteiger partial charge < -0.3 is 30.4 Å². The Bertz CT molecular complexity index is 1000. The first-order valence-corrected chi connectivity index (χ1v) is 13.7. The number of carbonyl (C=O) groups excluding carboxylic acids is 1. The zero-order valence-corrected chi connectivity index (χ0v) is 24.2. The molecule has 0 aliphatic carbocycles. The SMILES string of the molecule is COCCCOc1cc(C[C@@H](C[C@H](N)[C@@H](O)C[C@H](C(=O)Nc2ccc(F)nc2)C(C)C)C(C)C)ccc1OC. The van der Waals surface area contributed by atoms with Crippen LogP contribution in [0.5, 0.6) is 11.5 Å². The van der Waals surface area contributed by atoms with Gasteiger partial charge in [-0.2, -0.15) is 4.39 Å². The van der Waals surface area contributed by atoms with Crippen LogP contribution < -0.4 is 20.5 Å². The molecular formula is C30H46FN3O5. The van der Waals surface area contributed by atoms with Crippen LogP contribution in [0, 0.1) is 29.6 Å². The third kappa shape index (κ3) is 10.7. The number of ether oxygens (including phenoxy) is 3. The third-order valence-corrected chi connectivity index (χ3v) is 7.12. The summed E-state index contributed by atoms with van der Waals surface area (Å²) in [6, 6.07) is 8.10. The molecule has 2 aromatic rings. The highest BCUT2D eigenvalue weighted by molar-refractivity contribution is 5.92. The van der Waals surface area contributed by atoms with E-state index in [0.717, 1.165) is 18.4 Å². The van der Waals surface area contributed by atoms with Crippen LogP contribution in [0.2, 0.25) is 0 Å². The fraction of sp³-hybridized carbons (Fsp3) is 0.600. The Kier molecular flexibility index (Phi) is 13.6. The van der Waals surface area contributed by atoms with E-state index in [2.05, 4.69) is 24.1 Å². The quantitative estimate of drug-likeness (QED) is 0.192. The molecule has 4 atom stereocenters. The van der Waals surface area contributed by atoms with Gasteiger partial charge in [-0.15, -0.1) is 0 Å². The summed E-state index contributed by atoms with van der Waals surface area (Å²) in [6.07, 6.45) is 2.79. The second-order valence-electron chi connectivity index (χ2n) is 10.8. The number of benzene rings is 1. The van der Waals surface area contributed by atoms with Crippen molar-refractivity contribution in [2.45, 2.75) is 65.5 Å². The molecule has 0 spiro atoms. The molecule has 8 nitrogen and oxygen atoms in total. The Morgan fingerprint density at radius 1 is 1.05 bits per heavy atom. The van der Waals surface area contributed by atoms with E-state index in [1.165, 1.54) is 18.3 Å². The van der Waals surface area contributed by atoms with Crippen LogP contribution in [0.4, 0.5) is 10.1 Å². The van der Waals surface area contributed by atoms with Gasteiger partial charge in [-0.25, -0.2) is 4.98 Å². The number of nitrogens with one attached hydrogen (secondary N) is 1. The number of aliphatic hydroxyl groups excluding tert-OH is 1. The molecule has 39 heavy (non-hydrogen) atoms. The molecule has 0 aliphatic heterocycles. The van der Waals surface area contributed by atoms with Crippen LogP contribution in [-0.2, 0) is 16.0 Å². The Morgan fingerprint density at radius 3 is 2.38 bits per heavy atom. The van der Waals surface area contributed by atoms with E-state index in [9.17, 15) is 14.3 Å². The number of aromatic nitrogens is 1. The van der Waals surface area contributed by atoms with E-state index in [4.69, 9.17) is 19.9 Å². The van der Waals surface area contributed by atoms with E-state index in [1.807, 2.05) is 32.0 Å². The predicted molar refractivity (Wildman–Crippen MR) is 151 cm³/mol. The predicted octanol–water partition coefficient (Wildman–Crippen LogP) is 4.84. The lowest BCUT2D eigenvalue weighted by molar-refractivity contribution is -0.122. The molecule has 9 heteroatoms. The van der Waals surface area contributed by atoms with Crippen LogP contribution in [0.15, 0.2) is 36.5 Å². The Hall–Kier alpha value is -2.75. The topological polar surface area (TPSA) is 116 Å². The summed E-state index contributed by atoms with van der Waals surface area (Å²) >= 11 is 0. The van der Waals surface area contributed by atoms with Crippen molar-refractivity contribution in [1.29, 1.82) is 0 Å². The van der Waals surface area contributed by atoms with E-state index in [1.54, 1.807) is 14.2 Å². The number of amides is 1. The summed E-state index contributed by atoms with van der Waals surface area (Å²) in [7, 11) is 3.29. The number of anilines is 1. The number of hydrogen-bond donors (Lipinski definition) is 3. The van der Waals surface area contributed by atoms with Crippen molar-refractivity contribution in [3.63, 3.8) is 0 Å². The summed E-state index contributed by atoms with van der Waals surface area (Å²) in [5, 5.41) is 13.8. The van der Waals surface area contributed by atoms with E-state index < -0.39 is 24.0 Å². The smallest absolute Gasteiger partial charge is 0.227 e. The fourth-order valence-corrected chi connectivity index (χ4v) is 4.55. The van der Waals surface area contributed by atoms with Gasteiger partial charge in [-0.1, -0.05) is 33.8 Å². The molecule has 0 aliphatic rings. The Morgan fingerprint density at radius 2 is 1.79 bits per heavy atom. The van der Waals surface area contributed by atoms with Crippen molar-refractivity contribution in [2.75, 3.05) is 32.8 Å². The first-order valence-electron chi connectivity index (χ1n) is 13.7. The summed E-state index contributed by atoms with van der Waals surface area (Å²) in [4.78, 5) is 16.5. The largest absolute Gasteiger partial charge is 0.493 e. The molecule has 1 amide bonds. The maximum Gasteiger partial charge on any atom is 0.227 e. The highest BCUT2D eigenvalue weighted by Gasteiger charge is 2.30. The molecule has 1 aromatic heterocycles. The van der Waals surface area contributed by atoms with Gasteiger partial charge in [0.15, 0.2) is 11.5 Å². The standard InChI is InChI=1S/C30H46FN3O5/c1-19(2)22(14-21-8-10-27(38-6)28(15-21)39-13-7-12-37-5)16-25(32)26(35)17-24(20(3)4)30(36)34-23-9-11-29(31)33-18-23/h8-11,15,18-20,22,24-26,35H,7,12-14,16-17,32H2,1-6H3,(H,34,36)/t22-,24-,25-,26-/m0/s1. The lowest BCUT2D eigenvalue weighted by Crippen LogP contribution is -2.41. The Labute approximate surface area is 232 Å². The number of nitrogens with two attached hydrogens (primary N) is 1. The maximum atomic E-state index is 13.1. The van der Waals surface area contributed by atoms with E-state index in [0.29, 0.717) is 42.7 Å². The van der Waals surface area contributed by atoms with Gasteiger partial charge in [0.25, 0.3) is 0 Å². The maximum absolute atomic E-state index is 13.1. The minimum Gasteiger partial charge on any atom is -0.493 e. The average molecular weight is 548 g/mol. The average Bonchev–Trinajstić information content (AvgIpc) is 2.90. The number of aliphatic hydroxyl groups is 1. The van der Waals surface area contributed by atoms with E-state index >= 15 is 0 Å². The fourth-order valence-electron chi connectivity index (χ4n) is 4.55. The lowest BCUT2D eigenvalue weighted by atomic mass is 9.81. The monoisotopic (exact) mass is 547 g/mol. The molecule has 218 valence electrons. The van der Waals surface area contributed by atoms with Gasteiger partial charge in [0.05, 0.1) is 31.7 Å². The molecule has 1 heterocycles. The number of hydrogen-bond acceptors (Lipinski definition) is 7. The number of carbonyl (C=O) groups is 1. The summed E-state index contributed by atoms with van der Waals surface area (Å²) in [6.45, 7) is 9.32. The number of nitrogens with zero attached hydrogens (tertiary/aromatic N) is 1. The van der Waals surface area contributed by atoms with Gasteiger partial charge >= 0.3 is 0 Å². The second-order valence-corrected chi connectivity index (χ2v) is 10.8. The van der Waals surface area contributed by atoms with Gasteiger partial charge in [0.1, 0.15) is 0 Å².